The Morgan fingerprint density at radius 2 is 1.95 bits per heavy atom. The van der Waals surface area contributed by atoms with Crippen molar-refractivity contribution in [1.29, 1.82) is 0 Å². The molecule has 1 fully saturated rings. The molecule has 0 saturated heterocycles. The standard InChI is InChI=1S/C16H21N3/c1-3-10-19-15(17)14(18-16(19)13-8-9-13)12-6-4-11(2)5-7-12/h4-7,13H,3,8-10,17H2,1-2H3. The molecule has 3 rings (SSSR count). The third-order valence-corrected chi connectivity index (χ3v) is 3.75. The number of aromatic nitrogens is 2. The van der Waals surface area contributed by atoms with E-state index in [4.69, 9.17) is 10.7 Å². The summed E-state index contributed by atoms with van der Waals surface area (Å²) in [6, 6.07) is 8.46. The Morgan fingerprint density at radius 3 is 2.53 bits per heavy atom. The zero-order valence-corrected chi connectivity index (χ0v) is 11.7. The zero-order valence-electron chi connectivity index (χ0n) is 11.7. The van der Waals surface area contributed by atoms with Crippen LogP contribution in [0.1, 0.15) is 43.5 Å². The molecule has 2 N–H and O–H groups in total. The van der Waals surface area contributed by atoms with Gasteiger partial charge in [-0.3, -0.25) is 0 Å². The smallest absolute Gasteiger partial charge is 0.131 e. The van der Waals surface area contributed by atoms with Crippen LogP contribution in [0.3, 0.4) is 0 Å². The fraction of sp³-hybridized carbons (Fsp3) is 0.438. The van der Waals surface area contributed by atoms with E-state index in [1.54, 1.807) is 0 Å². The molecule has 0 bridgehead atoms. The van der Waals surface area contributed by atoms with E-state index in [0.29, 0.717) is 5.92 Å². The number of hydrogen-bond donors (Lipinski definition) is 1. The number of nitrogens with zero attached hydrogens (tertiary/aromatic N) is 2. The lowest BCUT2D eigenvalue weighted by Crippen LogP contribution is -2.06. The van der Waals surface area contributed by atoms with Crippen molar-refractivity contribution >= 4 is 5.82 Å². The van der Waals surface area contributed by atoms with Crippen molar-refractivity contribution in [1.82, 2.24) is 9.55 Å². The molecule has 0 radical (unpaired) electrons. The summed E-state index contributed by atoms with van der Waals surface area (Å²) in [4.78, 5) is 4.83. The summed E-state index contributed by atoms with van der Waals surface area (Å²) in [5.74, 6) is 2.65. The fourth-order valence-corrected chi connectivity index (χ4v) is 2.52. The monoisotopic (exact) mass is 255 g/mol. The van der Waals surface area contributed by atoms with Crippen LogP contribution in [0.4, 0.5) is 5.82 Å². The van der Waals surface area contributed by atoms with Crippen LogP contribution >= 0.6 is 0 Å². The Bertz CT molecular complexity index is 577. The average molecular weight is 255 g/mol. The van der Waals surface area contributed by atoms with Crippen LogP contribution in [0.2, 0.25) is 0 Å². The van der Waals surface area contributed by atoms with Gasteiger partial charge in [0.2, 0.25) is 0 Å². The molecule has 0 spiro atoms. The lowest BCUT2D eigenvalue weighted by Gasteiger charge is -2.07. The minimum atomic E-state index is 0.632. The first-order valence-electron chi connectivity index (χ1n) is 7.13. The Kier molecular flexibility index (Phi) is 3.05. The predicted molar refractivity (Wildman–Crippen MR) is 79.1 cm³/mol. The molecule has 1 saturated carbocycles. The number of hydrogen-bond acceptors (Lipinski definition) is 2. The van der Waals surface area contributed by atoms with Gasteiger partial charge in [0, 0.05) is 18.0 Å². The number of anilines is 1. The topological polar surface area (TPSA) is 43.8 Å². The highest BCUT2D eigenvalue weighted by Crippen LogP contribution is 2.42. The first-order chi connectivity index (χ1) is 9.20. The van der Waals surface area contributed by atoms with Gasteiger partial charge in [-0.2, -0.15) is 0 Å². The van der Waals surface area contributed by atoms with Gasteiger partial charge >= 0.3 is 0 Å². The molecular formula is C16H21N3. The summed E-state index contributed by atoms with van der Waals surface area (Å²) < 4.78 is 2.22. The molecule has 1 aromatic heterocycles. The van der Waals surface area contributed by atoms with Gasteiger partial charge in [0.1, 0.15) is 17.3 Å². The maximum atomic E-state index is 6.33. The van der Waals surface area contributed by atoms with Gasteiger partial charge in [0.25, 0.3) is 0 Å². The van der Waals surface area contributed by atoms with Crippen LogP contribution in [-0.4, -0.2) is 9.55 Å². The molecule has 100 valence electrons. The van der Waals surface area contributed by atoms with E-state index in [1.807, 2.05) is 0 Å². The molecule has 2 aromatic rings. The lowest BCUT2D eigenvalue weighted by atomic mass is 10.1. The molecule has 19 heavy (non-hydrogen) atoms. The van der Waals surface area contributed by atoms with Gasteiger partial charge in [0.05, 0.1) is 0 Å². The molecule has 1 aromatic carbocycles. The van der Waals surface area contributed by atoms with E-state index in [1.165, 1.54) is 24.2 Å². The van der Waals surface area contributed by atoms with Crippen LogP contribution in [0.15, 0.2) is 24.3 Å². The third kappa shape index (κ3) is 2.25. The second-order valence-electron chi connectivity index (χ2n) is 5.50. The summed E-state index contributed by atoms with van der Waals surface area (Å²) in [6.45, 7) is 5.25. The molecule has 3 nitrogen and oxygen atoms in total. The molecule has 1 aliphatic rings. The fourth-order valence-electron chi connectivity index (χ4n) is 2.52. The summed E-state index contributed by atoms with van der Waals surface area (Å²) >= 11 is 0. The van der Waals surface area contributed by atoms with Gasteiger partial charge < -0.3 is 10.3 Å². The Balaban J connectivity index is 2.06. The number of rotatable bonds is 4. The highest BCUT2D eigenvalue weighted by molar-refractivity contribution is 5.71. The van der Waals surface area contributed by atoms with Crippen LogP contribution in [-0.2, 0) is 6.54 Å². The molecule has 0 unspecified atom stereocenters. The molecule has 1 aliphatic carbocycles. The largest absolute Gasteiger partial charge is 0.383 e. The molecule has 0 aliphatic heterocycles. The van der Waals surface area contributed by atoms with E-state index in [0.717, 1.165) is 30.0 Å². The van der Waals surface area contributed by atoms with Gasteiger partial charge in [-0.1, -0.05) is 36.8 Å². The quantitative estimate of drug-likeness (QED) is 0.904. The lowest BCUT2D eigenvalue weighted by molar-refractivity contribution is 0.646. The van der Waals surface area contributed by atoms with Gasteiger partial charge in [-0.05, 0) is 26.2 Å². The number of imidazole rings is 1. The van der Waals surface area contributed by atoms with Crippen molar-refractivity contribution in [3.63, 3.8) is 0 Å². The van der Waals surface area contributed by atoms with Crippen molar-refractivity contribution in [2.75, 3.05) is 5.73 Å². The van der Waals surface area contributed by atoms with Crippen LogP contribution in [0.5, 0.6) is 0 Å². The third-order valence-electron chi connectivity index (χ3n) is 3.75. The minimum Gasteiger partial charge on any atom is -0.383 e. The summed E-state index contributed by atoms with van der Waals surface area (Å²) in [5.41, 5.74) is 9.67. The highest BCUT2D eigenvalue weighted by Gasteiger charge is 2.30. The Labute approximate surface area is 114 Å². The average Bonchev–Trinajstić information content (AvgIpc) is 3.19. The Morgan fingerprint density at radius 1 is 1.26 bits per heavy atom. The van der Waals surface area contributed by atoms with E-state index < -0.39 is 0 Å². The maximum Gasteiger partial charge on any atom is 0.131 e. The summed E-state index contributed by atoms with van der Waals surface area (Å²) in [5, 5.41) is 0. The van der Waals surface area contributed by atoms with Gasteiger partial charge in [0.15, 0.2) is 0 Å². The van der Waals surface area contributed by atoms with Crippen molar-refractivity contribution in [2.24, 2.45) is 0 Å². The maximum absolute atomic E-state index is 6.33. The molecule has 1 heterocycles. The SMILES string of the molecule is CCCn1c(C2CC2)nc(-c2ccc(C)cc2)c1N. The van der Waals surface area contributed by atoms with Crippen molar-refractivity contribution in [3.8, 4) is 11.3 Å². The highest BCUT2D eigenvalue weighted by atomic mass is 15.1. The van der Waals surface area contributed by atoms with E-state index in [-0.39, 0.29) is 0 Å². The van der Waals surface area contributed by atoms with Gasteiger partial charge in [-0.15, -0.1) is 0 Å². The Hall–Kier alpha value is -1.77. The number of nitrogen functional groups attached to an aromatic ring is 1. The first kappa shape index (κ1) is 12.3. The van der Waals surface area contributed by atoms with Crippen molar-refractivity contribution < 1.29 is 0 Å². The van der Waals surface area contributed by atoms with E-state index >= 15 is 0 Å². The molecule has 0 amide bonds. The van der Waals surface area contributed by atoms with Crippen molar-refractivity contribution in [2.45, 2.75) is 45.6 Å². The summed E-state index contributed by atoms with van der Waals surface area (Å²) in [7, 11) is 0. The molecule has 3 heteroatoms. The van der Waals surface area contributed by atoms with Gasteiger partial charge in [-0.25, -0.2) is 4.98 Å². The molecular weight excluding hydrogens is 234 g/mol. The normalized spacial score (nSPS) is 14.8. The van der Waals surface area contributed by atoms with Crippen LogP contribution in [0.25, 0.3) is 11.3 Å². The van der Waals surface area contributed by atoms with E-state index in [9.17, 15) is 0 Å². The van der Waals surface area contributed by atoms with Crippen molar-refractivity contribution in [3.05, 3.63) is 35.7 Å². The second-order valence-corrected chi connectivity index (χ2v) is 5.50. The predicted octanol–water partition coefficient (Wildman–Crippen LogP) is 3.73. The first-order valence-corrected chi connectivity index (χ1v) is 7.13. The van der Waals surface area contributed by atoms with Crippen LogP contribution < -0.4 is 5.73 Å². The number of benzene rings is 1. The zero-order chi connectivity index (χ0) is 13.4. The van der Waals surface area contributed by atoms with Crippen LogP contribution in [0, 0.1) is 6.92 Å². The summed E-state index contributed by atoms with van der Waals surface area (Å²) in [6.07, 6.45) is 3.61. The van der Waals surface area contributed by atoms with E-state index in [2.05, 4.69) is 42.7 Å². The number of nitrogens with two attached hydrogens (primary N) is 1. The second kappa shape index (κ2) is 4.72. The number of aryl methyl sites for hydroxylation is 1. The minimum absolute atomic E-state index is 0.632. The molecule has 0 atom stereocenters.